The molecule has 0 heterocycles. The van der Waals surface area contributed by atoms with Gasteiger partial charge < -0.3 is 10.2 Å². The molecule has 3 heteroatoms. The van der Waals surface area contributed by atoms with E-state index in [1.54, 1.807) is 6.08 Å². The smallest absolute Gasteiger partial charge is 0.328 e. The fraction of sp³-hybridized carbons (Fsp3) is 0.0625. The van der Waals surface area contributed by atoms with Gasteiger partial charge in [0.2, 0.25) is 0 Å². The monoisotopic (exact) mass is 254 g/mol. The summed E-state index contributed by atoms with van der Waals surface area (Å²) < 4.78 is 0. The molecule has 0 aromatic heterocycles. The molecule has 0 bridgehead atoms. The predicted octanol–water partition coefficient (Wildman–Crippen LogP) is 2.94. The van der Waals surface area contributed by atoms with Gasteiger partial charge >= 0.3 is 5.97 Å². The van der Waals surface area contributed by atoms with Crippen LogP contribution in [0.4, 0.5) is 0 Å². The van der Waals surface area contributed by atoms with Gasteiger partial charge in [-0.25, -0.2) is 4.79 Å². The van der Waals surface area contributed by atoms with E-state index >= 15 is 0 Å². The van der Waals surface area contributed by atoms with Gasteiger partial charge in [0.05, 0.1) is 6.61 Å². The number of carbonyl (C=O) groups is 1. The topological polar surface area (TPSA) is 57.5 Å². The van der Waals surface area contributed by atoms with E-state index in [-0.39, 0.29) is 6.61 Å². The second kappa shape index (κ2) is 5.98. The zero-order chi connectivity index (χ0) is 13.7. The van der Waals surface area contributed by atoms with Gasteiger partial charge in [0.15, 0.2) is 0 Å². The molecule has 0 aliphatic carbocycles. The number of aliphatic hydroxyl groups excluding tert-OH is 1. The molecule has 3 nitrogen and oxygen atoms in total. The summed E-state index contributed by atoms with van der Waals surface area (Å²) in [5, 5.41) is 17.5. The Morgan fingerprint density at radius 3 is 1.95 bits per heavy atom. The maximum Gasteiger partial charge on any atom is 0.328 e. The first-order valence-corrected chi connectivity index (χ1v) is 5.90. The number of rotatable bonds is 4. The van der Waals surface area contributed by atoms with Crippen LogP contribution in [0, 0.1) is 0 Å². The van der Waals surface area contributed by atoms with Gasteiger partial charge in [0.1, 0.15) is 0 Å². The van der Waals surface area contributed by atoms with Crippen molar-refractivity contribution in [2.75, 3.05) is 0 Å². The zero-order valence-electron chi connectivity index (χ0n) is 10.3. The van der Waals surface area contributed by atoms with Crippen LogP contribution < -0.4 is 0 Å². The number of aliphatic hydroxyl groups is 1. The minimum atomic E-state index is -0.955. The molecule has 0 spiro atoms. The predicted molar refractivity (Wildman–Crippen MR) is 74.5 cm³/mol. The number of aliphatic carboxylic acids is 1. The Hall–Kier alpha value is -2.39. The normalized spacial score (nSPS) is 10.8. The average Bonchev–Trinajstić information content (AvgIpc) is 2.46. The summed E-state index contributed by atoms with van der Waals surface area (Å²) in [6.07, 6.45) is 2.67. The van der Waals surface area contributed by atoms with Crippen molar-refractivity contribution in [2.24, 2.45) is 0 Å². The molecule has 2 rings (SSSR count). The van der Waals surface area contributed by atoms with Crippen LogP contribution in [0.3, 0.4) is 0 Å². The lowest BCUT2D eigenvalue weighted by atomic mass is 10.0. The van der Waals surface area contributed by atoms with Crippen LogP contribution in [0.1, 0.15) is 11.1 Å². The van der Waals surface area contributed by atoms with E-state index in [0.29, 0.717) is 0 Å². The third-order valence-corrected chi connectivity index (χ3v) is 2.80. The lowest BCUT2D eigenvalue weighted by Gasteiger charge is -2.03. The molecule has 2 aromatic carbocycles. The molecule has 0 aliphatic heterocycles. The van der Waals surface area contributed by atoms with Crippen LogP contribution in [0.2, 0.25) is 0 Å². The second-order valence-corrected chi connectivity index (χ2v) is 4.15. The molecule has 0 fully saturated rings. The van der Waals surface area contributed by atoms with Crippen LogP contribution in [-0.2, 0) is 11.4 Å². The van der Waals surface area contributed by atoms with E-state index in [0.717, 1.165) is 28.3 Å². The highest BCUT2D eigenvalue weighted by atomic mass is 16.4. The molecule has 2 N–H and O–H groups in total. The van der Waals surface area contributed by atoms with Crippen LogP contribution in [0.5, 0.6) is 0 Å². The van der Waals surface area contributed by atoms with E-state index < -0.39 is 5.97 Å². The standard InChI is InChI=1S/C16H14O3/c17-11-13-3-8-15(9-4-13)14-6-1-12(2-7-14)5-10-16(18)19/h1-10,17H,11H2,(H,18,19). The summed E-state index contributed by atoms with van der Waals surface area (Å²) in [4.78, 5) is 10.4. The van der Waals surface area contributed by atoms with Crippen molar-refractivity contribution in [2.45, 2.75) is 6.61 Å². The van der Waals surface area contributed by atoms with Crippen molar-refractivity contribution >= 4 is 12.0 Å². The molecule has 0 saturated carbocycles. The van der Waals surface area contributed by atoms with E-state index in [9.17, 15) is 4.79 Å². The van der Waals surface area contributed by atoms with Crippen LogP contribution in [-0.4, -0.2) is 16.2 Å². The summed E-state index contributed by atoms with van der Waals surface area (Å²) >= 11 is 0. The number of benzene rings is 2. The molecule has 0 aliphatic rings. The quantitative estimate of drug-likeness (QED) is 0.825. The summed E-state index contributed by atoms with van der Waals surface area (Å²) in [5.41, 5.74) is 3.84. The number of carboxylic acid groups (broad SMARTS) is 1. The summed E-state index contributed by atoms with van der Waals surface area (Å²) in [6, 6.07) is 15.3. The van der Waals surface area contributed by atoms with Crippen molar-refractivity contribution < 1.29 is 15.0 Å². The Labute approximate surface area is 111 Å². The Kier molecular flexibility index (Phi) is 4.11. The Bertz CT molecular complexity index is 580. The van der Waals surface area contributed by atoms with Gasteiger partial charge in [-0.2, -0.15) is 0 Å². The summed E-state index contributed by atoms with van der Waals surface area (Å²) in [6.45, 7) is 0.0409. The zero-order valence-corrected chi connectivity index (χ0v) is 10.3. The lowest BCUT2D eigenvalue weighted by molar-refractivity contribution is -0.131. The third-order valence-electron chi connectivity index (χ3n) is 2.80. The first kappa shape index (κ1) is 13.1. The highest BCUT2D eigenvalue weighted by Crippen LogP contribution is 2.20. The highest BCUT2D eigenvalue weighted by Gasteiger charge is 1.98. The van der Waals surface area contributed by atoms with E-state index in [1.807, 2.05) is 48.5 Å². The molecular weight excluding hydrogens is 240 g/mol. The molecule has 0 radical (unpaired) electrons. The maximum atomic E-state index is 10.4. The third kappa shape index (κ3) is 3.53. The van der Waals surface area contributed by atoms with Gasteiger partial charge in [0, 0.05) is 6.08 Å². The molecule has 0 atom stereocenters. The molecule has 0 unspecified atom stereocenters. The Morgan fingerprint density at radius 1 is 0.947 bits per heavy atom. The lowest BCUT2D eigenvalue weighted by Crippen LogP contribution is -1.86. The van der Waals surface area contributed by atoms with Gasteiger partial charge in [-0.1, -0.05) is 48.5 Å². The molecule has 2 aromatic rings. The largest absolute Gasteiger partial charge is 0.478 e. The van der Waals surface area contributed by atoms with Gasteiger partial charge in [-0.15, -0.1) is 0 Å². The Morgan fingerprint density at radius 2 is 1.47 bits per heavy atom. The van der Waals surface area contributed by atoms with Crippen molar-refractivity contribution in [3.63, 3.8) is 0 Å². The molecular formula is C16H14O3. The van der Waals surface area contributed by atoms with Crippen LogP contribution >= 0.6 is 0 Å². The molecule has 96 valence electrons. The van der Waals surface area contributed by atoms with Crippen LogP contribution in [0.15, 0.2) is 54.6 Å². The minimum absolute atomic E-state index is 0.0409. The van der Waals surface area contributed by atoms with Gasteiger partial charge in [-0.05, 0) is 28.3 Å². The van der Waals surface area contributed by atoms with E-state index in [1.165, 1.54) is 0 Å². The van der Waals surface area contributed by atoms with Crippen molar-refractivity contribution in [3.05, 3.63) is 65.7 Å². The van der Waals surface area contributed by atoms with Crippen molar-refractivity contribution in [1.82, 2.24) is 0 Å². The number of hydrogen-bond donors (Lipinski definition) is 2. The summed E-state index contributed by atoms with van der Waals surface area (Å²) in [5.74, 6) is -0.955. The second-order valence-electron chi connectivity index (χ2n) is 4.15. The van der Waals surface area contributed by atoms with Crippen molar-refractivity contribution in [3.8, 4) is 11.1 Å². The molecule has 0 amide bonds. The summed E-state index contributed by atoms with van der Waals surface area (Å²) in [7, 11) is 0. The van der Waals surface area contributed by atoms with Gasteiger partial charge in [-0.3, -0.25) is 0 Å². The molecule has 0 saturated heterocycles. The first-order chi connectivity index (χ1) is 9.19. The molecule has 19 heavy (non-hydrogen) atoms. The minimum Gasteiger partial charge on any atom is -0.478 e. The maximum absolute atomic E-state index is 10.4. The SMILES string of the molecule is O=C(O)C=Cc1ccc(-c2ccc(CO)cc2)cc1. The number of hydrogen-bond acceptors (Lipinski definition) is 2. The fourth-order valence-electron chi connectivity index (χ4n) is 1.76. The van der Waals surface area contributed by atoms with Crippen molar-refractivity contribution in [1.29, 1.82) is 0 Å². The van der Waals surface area contributed by atoms with E-state index in [2.05, 4.69) is 0 Å². The van der Waals surface area contributed by atoms with Gasteiger partial charge in [0.25, 0.3) is 0 Å². The Balaban J connectivity index is 2.19. The average molecular weight is 254 g/mol. The van der Waals surface area contributed by atoms with Crippen LogP contribution in [0.25, 0.3) is 17.2 Å². The number of carboxylic acids is 1. The fourth-order valence-corrected chi connectivity index (χ4v) is 1.76. The van der Waals surface area contributed by atoms with E-state index in [4.69, 9.17) is 10.2 Å². The highest BCUT2D eigenvalue weighted by molar-refractivity contribution is 5.85. The first-order valence-electron chi connectivity index (χ1n) is 5.90.